The van der Waals surface area contributed by atoms with E-state index in [1.165, 1.54) is 23.1 Å². The Morgan fingerprint density at radius 1 is 1.45 bits per heavy atom. The molecule has 1 heterocycles. The summed E-state index contributed by atoms with van der Waals surface area (Å²) in [5, 5.41) is 8.97. The number of rotatable bonds is 4. The second-order valence-electron chi connectivity index (χ2n) is 4.76. The van der Waals surface area contributed by atoms with Gasteiger partial charge in [-0.3, -0.25) is 9.59 Å². The molecule has 1 saturated heterocycles. The van der Waals surface area contributed by atoms with E-state index in [2.05, 4.69) is 0 Å². The van der Waals surface area contributed by atoms with Crippen molar-refractivity contribution in [1.29, 1.82) is 0 Å². The molecule has 0 bridgehead atoms. The second-order valence-corrected chi connectivity index (χ2v) is 4.76. The number of nitrogens with zero attached hydrogens (tertiary/aromatic N) is 1. The Hall–Kier alpha value is -2.11. The van der Waals surface area contributed by atoms with Crippen LogP contribution < -0.4 is 4.74 Å². The zero-order chi connectivity index (χ0) is 14.5. The van der Waals surface area contributed by atoms with E-state index < -0.39 is 17.7 Å². The van der Waals surface area contributed by atoms with Crippen LogP contribution in [-0.2, 0) is 9.59 Å². The van der Waals surface area contributed by atoms with Gasteiger partial charge >= 0.3 is 5.97 Å². The quantitative estimate of drug-likeness (QED) is 0.908. The van der Waals surface area contributed by atoms with Crippen LogP contribution in [0.15, 0.2) is 24.3 Å². The highest BCUT2D eigenvalue weighted by molar-refractivity contribution is 5.79. The number of aliphatic carboxylic acids is 1. The largest absolute Gasteiger partial charge is 0.484 e. The topological polar surface area (TPSA) is 66.8 Å². The fourth-order valence-electron chi connectivity index (χ4n) is 2.20. The van der Waals surface area contributed by atoms with Crippen molar-refractivity contribution in [3.8, 4) is 5.75 Å². The number of likely N-dealkylation sites (tertiary alicyclic amines) is 1. The van der Waals surface area contributed by atoms with Crippen molar-refractivity contribution in [2.45, 2.75) is 12.8 Å². The Kier molecular flexibility index (Phi) is 4.55. The summed E-state index contributed by atoms with van der Waals surface area (Å²) in [7, 11) is 0. The summed E-state index contributed by atoms with van der Waals surface area (Å²) in [6.07, 6.45) is 1.26. The van der Waals surface area contributed by atoms with Crippen LogP contribution in [-0.4, -0.2) is 41.6 Å². The number of carbonyl (C=O) groups is 2. The molecular weight excluding hydrogens is 265 g/mol. The standard InChI is InChI=1S/C14H16FNO4/c15-11-4-1-5-12(7-11)20-9-13(17)16-6-2-3-10(8-16)14(18)19/h1,4-5,7,10H,2-3,6,8-9H2,(H,18,19). The molecule has 6 heteroatoms. The third-order valence-corrected chi connectivity index (χ3v) is 3.28. The maximum Gasteiger partial charge on any atom is 0.308 e. The minimum atomic E-state index is -0.881. The normalized spacial score (nSPS) is 18.6. The molecule has 1 unspecified atom stereocenters. The molecule has 1 aromatic carbocycles. The fraction of sp³-hybridized carbons (Fsp3) is 0.429. The van der Waals surface area contributed by atoms with Gasteiger partial charge in [0.15, 0.2) is 6.61 Å². The molecule has 0 saturated carbocycles. The molecule has 1 N–H and O–H groups in total. The maximum atomic E-state index is 12.9. The Bertz CT molecular complexity index is 506. The third kappa shape index (κ3) is 3.69. The number of hydrogen-bond donors (Lipinski definition) is 1. The Balaban J connectivity index is 1.87. The number of hydrogen-bond acceptors (Lipinski definition) is 3. The lowest BCUT2D eigenvalue weighted by molar-refractivity contribution is -0.146. The molecule has 108 valence electrons. The van der Waals surface area contributed by atoms with Crippen LogP contribution in [0.25, 0.3) is 0 Å². The molecule has 1 aromatic rings. The number of benzene rings is 1. The van der Waals surface area contributed by atoms with Crippen LogP contribution in [0.4, 0.5) is 4.39 Å². The predicted octanol–water partition coefficient (Wildman–Crippen LogP) is 1.53. The van der Waals surface area contributed by atoms with Crippen LogP contribution in [0.3, 0.4) is 0 Å². The first kappa shape index (κ1) is 14.3. The average Bonchev–Trinajstić information content (AvgIpc) is 2.45. The summed E-state index contributed by atoms with van der Waals surface area (Å²) in [5.74, 6) is -1.82. The first-order valence-corrected chi connectivity index (χ1v) is 6.45. The van der Waals surface area contributed by atoms with Gasteiger partial charge in [0.2, 0.25) is 0 Å². The number of halogens is 1. The first-order valence-electron chi connectivity index (χ1n) is 6.45. The number of piperidine rings is 1. The molecule has 1 amide bonds. The molecule has 1 aliphatic heterocycles. The zero-order valence-corrected chi connectivity index (χ0v) is 10.9. The lowest BCUT2D eigenvalue weighted by Crippen LogP contribution is -2.44. The van der Waals surface area contributed by atoms with Gasteiger partial charge < -0.3 is 14.7 Å². The highest BCUT2D eigenvalue weighted by Crippen LogP contribution is 2.17. The average molecular weight is 281 g/mol. The molecule has 0 spiro atoms. The van der Waals surface area contributed by atoms with Gasteiger partial charge in [0.1, 0.15) is 11.6 Å². The van der Waals surface area contributed by atoms with Crippen molar-refractivity contribution < 1.29 is 23.8 Å². The van der Waals surface area contributed by atoms with Crippen molar-refractivity contribution in [1.82, 2.24) is 4.90 Å². The minimum Gasteiger partial charge on any atom is -0.484 e. The summed E-state index contributed by atoms with van der Waals surface area (Å²) in [6.45, 7) is 0.533. The maximum absolute atomic E-state index is 12.9. The smallest absolute Gasteiger partial charge is 0.308 e. The number of carbonyl (C=O) groups excluding carboxylic acids is 1. The lowest BCUT2D eigenvalue weighted by Gasteiger charge is -2.30. The van der Waals surface area contributed by atoms with E-state index in [4.69, 9.17) is 9.84 Å². The molecule has 1 atom stereocenters. The first-order chi connectivity index (χ1) is 9.56. The van der Waals surface area contributed by atoms with Gasteiger partial charge in [-0.15, -0.1) is 0 Å². The number of amides is 1. The highest BCUT2D eigenvalue weighted by Gasteiger charge is 2.28. The van der Waals surface area contributed by atoms with Crippen molar-refractivity contribution in [2.24, 2.45) is 5.92 Å². The number of carboxylic acids is 1. The lowest BCUT2D eigenvalue weighted by atomic mass is 9.98. The van der Waals surface area contributed by atoms with Gasteiger partial charge in [0, 0.05) is 19.2 Å². The van der Waals surface area contributed by atoms with Gasteiger partial charge in [-0.25, -0.2) is 4.39 Å². The molecule has 0 aliphatic carbocycles. The summed E-state index contributed by atoms with van der Waals surface area (Å²) in [4.78, 5) is 24.4. The van der Waals surface area contributed by atoms with Crippen molar-refractivity contribution >= 4 is 11.9 Å². The van der Waals surface area contributed by atoms with Crippen molar-refractivity contribution in [3.63, 3.8) is 0 Å². The summed E-state index contributed by atoms with van der Waals surface area (Å²) in [5.41, 5.74) is 0. The van der Waals surface area contributed by atoms with E-state index in [9.17, 15) is 14.0 Å². The highest BCUT2D eigenvalue weighted by atomic mass is 19.1. The second kappa shape index (κ2) is 6.36. The molecule has 1 aliphatic rings. The number of ether oxygens (including phenoxy) is 1. The molecule has 0 radical (unpaired) electrons. The van der Waals surface area contributed by atoms with Crippen LogP contribution >= 0.6 is 0 Å². The Morgan fingerprint density at radius 3 is 2.95 bits per heavy atom. The number of carboxylic acid groups (broad SMARTS) is 1. The van der Waals surface area contributed by atoms with E-state index in [1.54, 1.807) is 6.07 Å². The predicted molar refractivity (Wildman–Crippen MR) is 68.8 cm³/mol. The monoisotopic (exact) mass is 281 g/mol. The van der Waals surface area contributed by atoms with Crippen LogP contribution in [0.1, 0.15) is 12.8 Å². The molecule has 1 fully saturated rings. The summed E-state index contributed by atoms with van der Waals surface area (Å²) < 4.78 is 18.2. The fourth-order valence-corrected chi connectivity index (χ4v) is 2.20. The van der Waals surface area contributed by atoms with Crippen LogP contribution in [0.5, 0.6) is 5.75 Å². The van der Waals surface area contributed by atoms with Gasteiger partial charge in [0.05, 0.1) is 5.92 Å². The van der Waals surface area contributed by atoms with E-state index in [1.807, 2.05) is 0 Å². The van der Waals surface area contributed by atoms with Gasteiger partial charge in [0.25, 0.3) is 5.91 Å². The minimum absolute atomic E-state index is 0.209. The Morgan fingerprint density at radius 2 is 2.25 bits per heavy atom. The van der Waals surface area contributed by atoms with Gasteiger partial charge in [-0.1, -0.05) is 6.07 Å². The van der Waals surface area contributed by atoms with E-state index >= 15 is 0 Å². The van der Waals surface area contributed by atoms with Crippen LogP contribution in [0.2, 0.25) is 0 Å². The van der Waals surface area contributed by atoms with Crippen molar-refractivity contribution in [3.05, 3.63) is 30.1 Å². The Labute approximate surface area is 116 Å². The molecule has 20 heavy (non-hydrogen) atoms. The van der Waals surface area contributed by atoms with Crippen molar-refractivity contribution in [2.75, 3.05) is 19.7 Å². The van der Waals surface area contributed by atoms with E-state index in [-0.39, 0.29) is 24.8 Å². The molecule has 5 nitrogen and oxygen atoms in total. The van der Waals surface area contributed by atoms with Crippen LogP contribution in [0, 0.1) is 11.7 Å². The summed E-state index contributed by atoms with van der Waals surface area (Å²) >= 11 is 0. The van der Waals surface area contributed by atoms with E-state index in [0.717, 1.165) is 0 Å². The molecule has 0 aromatic heterocycles. The molecule has 2 rings (SSSR count). The molecular formula is C14H16FNO4. The van der Waals surface area contributed by atoms with Gasteiger partial charge in [-0.05, 0) is 25.0 Å². The SMILES string of the molecule is O=C(O)C1CCCN(C(=O)COc2cccc(F)c2)C1. The zero-order valence-electron chi connectivity index (χ0n) is 10.9. The third-order valence-electron chi connectivity index (χ3n) is 3.28. The summed E-state index contributed by atoms with van der Waals surface area (Å²) in [6, 6.07) is 5.55. The van der Waals surface area contributed by atoms with E-state index in [0.29, 0.717) is 19.4 Å². The van der Waals surface area contributed by atoms with Gasteiger partial charge in [-0.2, -0.15) is 0 Å².